The molecule has 106 valence electrons. The molecule has 0 aliphatic heterocycles. The zero-order chi connectivity index (χ0) is 14.8. The van der Waals surface area contributed by atoms with Crippen LogP contribution >= 0.6 is 11.8 Å². The summed E-state index contributed by atoms with van der Waals surface area (Å²) in [5.74, 6) is -0.311. The topological polar surface area (TPSA) is 30.7 Å². The van der Waals surface area contributed by atoms with E-state index in [1.165, 1.54) is 12.0 Å². The second kappa shape index (κ2) is 5.66. The van der Waals surface area contributed by atoms with Gasteiger partial charge in [-0.05, 0) is 42.8 Å². The Morgan fingerprint density at radius 1 is 1.10 bits per heavy atom. The molecule has 0 spiro atoms. The van der Waals surface area contributed by atoms with Crippen LogP contribution in [0.5, 0.6) is 0 Å². The minimum atomic E-state index is -0.311. The number of pyridine rings is 1. The third kappa shape index (κ3) is 2.67. The van der Waals surface area contributed by atoms with Crippen LogP contribution in [0.25, 0.3) is 5.52 Å². The van der Waals surface area contributed by atoms with E-state index in [2.05, 4.69) is 18.2 Å². The maximum Gasteiger partial charge on any atom is 0.355 e. The van der Waals surface area contributed by atoms with Crippen LogP contribution in [0.15, 0.2) is 64.5 Å². The Balaban J connectivity index is 2.04. The molecule has 1 aromatic carbocycles. The van der Waals surface area contributed by atoms with Gasteiger partial charge in [0.15, 0.2) is 0 Å². The Kier molecular flexibility index (Phi) is 3.71. The highest BCUT2D eigenvalue weighted by Gasteiger charge is 2.15. The number of aromatic nitrogens is 1. The Morgan fingerprint density at radius 2 is 1.86 bits per heavy atom. The van der Waals surface area contributed by atoms with E-state index >= 15 is 0 Å². The highest BCUT2D eigenvalue weighted by molar-refractivity contribution is 7.99. The highest BCUT2D eigenvalue weighted by Crippen LogP contribution is 2.29. The molecule has 0 unspecified atom stereocenters. The number of hydrogen-bond donors (Lipinski definition) is 0. The van der Waals surface area contributed by atoms with E-state index in [1.807, 2.05) is 47.9 Å². The Morgan fingerprint density at radius 3 is 2.57 bits per heavy atom. The first-order chi connectivity index (χ1) is 10.2. The van der Waals surface area contributed by atoms with Crippen molar-refractivity contribution in [2.24, 2.45) is 0 Å². The number of carbonyl (C=O) groups excluding carboxylic acids is 1. The summed E-state index contributed by atoms with van der Waals surface area (Å²) in [5, 5.41) is 0. The first-order valence-electron chi connectivity index (χ1n) is 6.62. The molecule has 0 fully saturated rings. The van der Waals surface area contributed by atoms with Gasteiger partial charge >= 0.3 is 5.97 Å². The van der Waals surface area contributed by atoms with Crippen molar-refractivity contribution in [3.63, 3.8) is 0 Å². The third-order valence-electron chi connectivity index (χ3n) is 3.29. The number of ether oxygens (including phenoxy) is 1. The van der Waals surface area contributed by atoms with Crippen LogP contribution < -0.4 is 0 Å². The molecule has 0 bridgehead atoms. The van der Waals surface area contributed by atoms with Gasteiger partial charge in [-0.3, -0.25) is 0 Å². The predicted octanol–water partition coefficient (Wildman–Crippen LogP) is 4.19. The number of nitrogens with zero attached hydrogens (tertiary/aromatic N) is 1. The van der Waals surface area contributed by atoms with Gasteiger partial charge in [-0.2, -0.15) is 0 Å². The van der Waals surface area contributed by atoms with Gasteiger partial charge in [0.1, 0.15) is 5.69 Å². The zero-order valence-corrected chi connectivity index (χ0v) is 12.7. The zero-order valence-electron chi connectivity index (χ0n) is 11.9. The maximum absolute atomic E-state index is 11.9. The molecule has 0 aliphatic carbocycles. The van der Waals surface area contributed by atoms with Crippen molar-refractivity contribution in [2.45, 2.75) is 16.7 Å². The summed E-state index contributed by atoms with van der Waals surface area (Å²) in [4.78, 5) is 14.2. The molecule has 0 radical (unpaired) electrons. The Bertz CT molecular complexity index is 793. The van der Waals surface area contributed by atoms with Gasteiger partial charge in [-0.25, -0.2) is 4.79 Å². The van der Waals surface area contributed by atoms with Crippen molar-refractivity contribution < 1.29 is 9.53 Å². The lowest BCUT2D eigenvalue weighted by Gasteiger charge is -2.06. The SMILES string of the molecule is COC(=O)c1c(C)cc2ccc(Sc3ccccc3)cn12. The number of benzene rings is 1. The van der Waals surface area contributed by atoms with Gasteiger partial charge in [-0.1, -0.05) is 30.0 Å². The molecule has 0 amide bonds. The second-order valence-corrected chi connectivity index (χ2v) is 5.89. The van der Waals surface area contributed by atoms with Crippen LogP contribution in [0.1, 0.15) is 16.1 Å². The van der Waals surface area contributed by atoms with Gasteiger partial charge in [0.2, 0.25) is 0 Å². The van der Waals surface area contributed by atoms with Crippen molar-refractivity contribution in [2.75, 3.05) is 7.11 Å². The van der Waals surface area contributed by atoms with Gasteiger partial charge in [0.25, 0.3) is 0 Å². The smallest absolute Gasteiger partial charge is 0.355 e. The summed E-state index contributed by atoms with van der Waals surface area (Å²) < 4.78 is 6.77. The highest BCUT2D eigenvalue weighted by atomic mass is 32.2. The molecule has 3 rings (SSSR count). The minimum Gasteiger partial charge on any atom is -0.464 e. The second-order valence-electron chi connectivity index (χ2n) is 4.74. The Labute approximate surface area is 127 Å². The average Bonchev–Trinajstić information content (AvgIpc) is 2.83. The van der Waals surface area contributed by atoms with E-state index in [1.54, 1.807) is 11.8 Å². The molecule has 3 aromatic rings. The van der Waals surface area contributed by atoms with E-state index in [-0.39, 0.29) is 5.97 Å². The fraction of sp³-hybridized carbons (Fsp3) is 0.118. The average molecular weight is 297 g/mol. The van der Waals surface area contributed by atoms with E-state index in [0.717, 1.165) is 16.0 Å². The van der Waals surface area contributed by atoms with Crippen molar-refractivity contribution in [1.82, 2.24) is 4.40 Å². The molecule has 0 aliphatic rings. The third-order valence-corrected chi connectivity index (χ3v) is 4.27. The van der Waals surface area contributed by atoms with Crippen LogP contribution in [0.4, 0.5) is 0 Å². The van der Waals surface area contributed by atoms with E-state index in [0.29, 0.717) is 5.69 Å². The lowest BCUT2D eigenvalue weighted by atomic mass is 10.3. The van der Waals surface area contributed by atoms with E-state index in [9.17, 15) is 4.79 Å². The van der Waals surface area contributed by atoms with Crippen LogP contribution in [0.3, 0.4) is 0 Å². The molecule has 21 heavy (non-hydrogen) atoms. The molecule has 2 heterocycles. The monoisotopic (exact) mass is 297 g/mol. The summed E-state index contributed by atoms with van der Waals surface area (Å²) in [6.07, 6.45) is 1.98. The maximum atomic E-state index is 11.9. The first kappa shape index (κ1) is 13.8. The van der Waals surface area contributed by atoms with Crippen LogP contribution in [0.2, 0.25) is 0 Å². The number of methoxy groups -OCH3 is 1. The lowest BCUT2D eigenvalue weighted by Crippen LogP contribution is -2.06. The number of esters is 1. The summed E-state index contributed by atoms with van der Waals surface area (Å²) in [5.41, 5.74) is 2.50. The molecule has 0 saturated heterocycles. The standard InChI is InChI=1S/C17H15NO2S/c1-12-10-13-8-9-15(21-14-6-4-3-5-7-14)11-18(13)16(12)17(19)20-2/h3-11H,1-2H3. The van der Waals surface area contributed by atoms with Crippen LogP contribution in [-0.4, -0.2) is 17.5 Å². The largest absolute Gasteiger partial charge is 0.464 e. The van der Waals surface area contributed by atoms with Crippen molar-refractivity contribution in [3.8, 4) is 0 Å². The lowest BCUT2D eigenvalue weighted by molar-refractivity contribution is 0.0592. The molecule has 4 heteroatoms. The number of aryl methyl sites for hydroxylation is 1. The van der Waals surface area contributed by atoms with Crippen molar-refractivity contribution in [3.05, 3.63) is 66.0 Å². The van der Waals surface area contributed by atoms with Gasteiger partial charge in [-0.15, -0.1) is 0 Å². The van der Waals surface area contributed by atoms with E-state index in [4.69, 9.17) is 4.74 Å². The number of hydrogen-bond acceptors (Lipinski definition) is 3. The summed E-state index contributed by atoms with van der Waals surface area (Å²) in [6.45, 7) is 1.92. The predicted molar refractivity (Wildman–Crippen MR) is 84.0 cm³/mol. The van der Waals surface area contributed by atoms with Gasteiger partial charge < -0.3 is 9.14 Å². The number of rotatable bonds is 3. The van der Waals surface area contributed by atoms with E-state index < -0.39 is 0 Å². The van der Waals surface area contributed by atoms with Crippen molar-refractivity contribution in [1.29, 1.82) is 0 Å². The molecule has 3 nitrogen and oxygen atoms in total. The molecule has 0 saturated carbocycles. The normalized spacial score (nSPS) is 10.8. The molecule has 2 aromatic heterocycles. The molecule has 0 atom stereocenters. The number of carbonyl (C=O) groups is 1. The minimum absolute atomic E-state index is 0.311. The first-order valence-corrected chi connectivity index (χ1v) is 7.43. The molecular formula is C17H15NO2S. The quantitative estimate of drug-likeness (QED) is 0.679. The van der Waals surface area contributed by atoms with Crippen molar-refractivity contribution >= 4 is 23.2 Å². The number of fused-ring (bicyclic) bond motifs is 1. The summed E-state index contributed by atoms with van der Waals surface area (Å²) in [6, 6.07) is 16.2. The van der Waals surface area contributed by atoms with Crippen LogP contribution in [0, 0.1) is 6.92 Å². The molecular weight excluding hydrogens is 282 g/mol. The summed E-state index contributed by atoms with van der Waals surface area (Å²) in [7, 11) is 1.41. The van der Waals surface area contributed by atoms with Gasteiger partial charge in [0, 0.05) is 21.5 Å². The molecule has 0 N–H and O–H groups in total. The summed E-state index contributed by atoms with van der Waals surface area (Å²) >= 11 is 1.67. The van der Waals surface area contributed by atoms with Gasteiger partial charge in [0.05, 0.1) is 7.11 Å². The Hall–Kier alpha value is -2.20. The fourth-order valence-corrected chi connectivity index (χ4v) is 3.18. The van der Waals surface area contributed by atoms with Crippen LogP contribution in [-0.2, 0) is 4.74 Å². The fourth-order valence-electron chi connectivity index (χ4n) is 2.33.